The summed E-state index contributed by atoms with van der Waals surface area (Å²) < 4.78 is 0. The third kappa shape index (κ3) is 4.74. The number of hydrogen-bond donors (Lipinski definition) is 2. The van der Waals surface area contributed by atoms with E-state index in [1.807, 2.05) is 12.1 Å². The number of piperazine rings is 1. The average molecular weight is 515 g/mol. The van der Waals surface area contributed by atoms with Crippen LogP contribution in [0.25, 0.3) is 0 Å². The maximum atomic E-state index is 13.1. The number of nitrogens with zero attached hydrogens (tertiary/aromatic N) is 4. The van der Waals surface area contributed by atoms with E-state index in [-0.39, 0.29) is 5.91 Å². The lowest BCUT2D eigenvalue weighted by atomic mass is 10.1. The van der Waals surface area contributed by atoms with Crippen LogP contribution in [-0.2, 0) is 0 Å². The molecule has 2 aliphatic rings. The molecule has 1 atom stereocenters. The molecular formula is C24H24Cl2N6OS. The first-order valence-corrected chi connectivity index (χ1v) is 12.8. The molecule has 0 bridgehead atoms. The van der Waals surface area contributed by atoms with Gasteiger partial charge in [-0.3, -0.25) is 14.6 Å². The van der Waals surface area contributed by atoms with Gasteiger partial charge in [-0.15, -0.1) is 0 Å². The lowest BCUT2D eigenvalue weighted by Crippen LogP contribution is -2.44. The second-order valence-corrected chi connectivity index (χ2v) is 9.95. The van der Waals surface area contributed by atoms with E-state index < -0.39 is 0 Å². The van der Waals surface area contributed by atoms with Crippen LogP contribution in [0.2, 0.25) is 10.0 Å². The summed E-state index contributed by atoms with van der Waals surface area (Å²) in [4.78, 5) is 26.1. The van der Waals surface area contributed by atoms with Gasteiger partial charge in [0.2, 0.25) is 5.95 Å². The Kier molecular flexibility index (Phi) is 6.94. The van der Waals surface area contributed by atoms with Crippen molar-refractivity contribution >= 4 is 58.2 Å². The monoisotopic (exact) mass is 514 g/mol. The summed E-state index contributed by atoms with van der Waals surface area (Å²) in [6.07, 6.45) is 1.55. The standard InChI is InChI=1S/C24H24Cl2N6OS/c1-15(31-11-9-27-10-12-31)16-5-7-17(8-6-16)29-24-28-13-18-22(30-24)34-14-32(23(18)33)21-19(25)3-2-4-20(21)26/h2-8,13,15,27H,9-12,14H2,1H3,(H,28,29,30). The molecule has 0 spiro atoms. The van der Waals surface area contributed by atoms with Gasteiger partial charge in [-0.1, -0.05) is 53.2 Å². The van der Waals surface area contributed by atoms with Crippen molar-refractivity contribution in [3.8, 4) is 0 Å². The molecule has 2 aliphatic heterocycles. The fraction of sp³-hybridized carbons (Fsp3) is 0.292. The van der Waals surface area contributed by atoms with Crippen molar-refractivity contribution in [2.24, 2.45) is 0 Å². The fourth-order valence-corrected chi connectivity index (χ4v) is 5.73. The smallest absolute Gasteiger partial charge is 0.263 e. The van der Waals surface area contributed by atoms with E-state index in [2.05, 4.69) is 44.6 Å². The lowest BCUT2D eigenvalue weighted by molar-refractivity contribution is 0.0985. The number of amides is 1. The number of para-hydroxylation sites is 1. The molecule has 1 saturated heterocycles. The summed E-state index contributed by atoms with van der Waals surface area (Å²) in [5.41, 5.74) is 3.11. The minimum absolute atomic E-state index is 0.221. The van der Waals surface area contributed by atoms with Crippen LogP contribution < -0.4 is 15.5 Å². The van der Waals surface area contributed by atoms with Crippen molar-refractivity contribution in [2.75, 3.05) is 42.3 Å². The normalized spacial score (nSPS) is 17.4. The molecule has 5 rings (SSSR count). The number of hydrogen-bond acceptors (Lipinski definition) is 7. The van der Waals surface area contributed by atoms with Crippen LogP contribution in [0, 0.1) is 0 Å². The highest BCUT2D eigenvalue weighted by Gasteiger charge is 2.30. The van der Waals surface area contributed by atoms with Gasteiger partial charge in [0.25, 0.3) is 5.91 Å². The summed E-state index contributed by atoms with van der Waals surface area (Å²) in [6, 6.07) is 13.9. The van der Waals surface area contributed by atoms with Gasteiger partial charge in [0.05, 0.1) is 27.2 Å². The SMILES string of the molecule is CC(c1ccc(Nc2ncc3c(n2)SCN(c2c(Cl)cccc2Cl)C3=O)cc1)N1CCNCC1. The number of thioether (sulfide) groups is 1. The number of carbonyl (C=O) groups is 1. The van der Waals surface area contributed by atoms with Gasteiger partial charge in [0.1, 0.15) is 5.03 Å². The van der Waals surface area contributed by atoms with Gasteiger partial charge < -0.3 is 10.6 Å². The molecule has 3 aromatic rings. The molecule has 1 fully saturated rings. The third-order valence-electron chi connectivity index (χ3n) is 6.12. The number of anilines is 3. The number of benzene rings is 2. The van der Waals surface area contributed by atoms with Crippen molar-refractivity contribution in [1.82, 2.24) is 20.2 Å². The van der Waals surface area contributed by atoms with E-state index in [0.29, 0.717) is 44.2 Å². The molecule has 0 aliphatic carbocycles. The molecule has 1 amide bonds. The Labute approximate surface area is 212 Å². The van der Waals surface area contributed by atoms with E-state index >= 15 is 0 Å². The van der Waals surface area contributed by atoms with E-state index in [0.717, 1.165) is 31.9 Å². The van der Waals surface area contributed by atoms with E-state index in [1.165, 1.54) is 17.3 Å². The fourth-order valence-electron chi connectivity index (χ4n) is 4.18. The molecule has 2 aromatic carbocycles. The highest BCUT2D eigenvalue weighted by Crippen LogP contribution is 2.39. The van der Waals surface area contributed by atoms with Crippen molar-refractivity contribution in [1.29, 1.82) is 0 Å². The predicted octanol–water partition coefficient (Wildman–Crippen LogP) is 5.20. The molecule has 0 saturated carbocycles. The van der Waals surface area contributed by atoms with Crippen LogP contribution in [0.4, 0.5) is 17.3 Å². The second kappa shape index (κ2) is 10.1. The van der Waals surface area contributed by atoms with E-state index in [1.54, 1.807) is 29.3 Å². The number of fused-ring (bicyclic) bond motifs is 1. The zero-order valence-electron chi connectivity index (χ0n) is 18.6. The Hall–Kier alpha value is -2.36. The molecule has 34 heavy (non-hydrogen) atoms. The van der Waals surface area contributed by atoms with Gasteiger partial charge in [-0.05, 0) is 36.8 Å². The van der Waals surface area contributed by atoms with Crippen LogP contribution in [-0.4, -0.2) is 52.8 Å². The third-order valence-corrected chi connectivity index (χ3v) is 7.70. The topological polar surface area (TPSA) is 73.4 Å². The number of carbonyl (C=O) groups excluding carboxylic acids is 1. The summed E-state index contributed by atoms with van der Waals surface area (Å²) in [5, 5.41) is 8.13. The minimum Gasteiger partial charge on any atom is -0.324 e. The number of rotatable bonds is 5. The second-order valence-electron chi connectivity index (χ2n) is 8.20. The van der Waals surface area contributed by atoms with Crippen molar-refractivity contribution in [2.45, 2.75) is 18.0 Å². The van der Waals surface area contributed by atoms with Crippen LogP contribution in [0.15, 0.2) is 53.7 Å². The summed E-state index contributed by atoms with van der Waals surface area (Å²) in [6.45, 7) is 6.42. The number of halogens is 2. The first kappa shape index (κ1) is 23.4. The van der Waals surface area contributed by atoms with Gasteiger partial charge in [0.15, 0.2) is 0 Å². The van der Waals surface area contributed by atoms with Crippen molar-refractivity contribution in [3.63, 3.8) is 0 Å². The van der Waals surface area contributed by atoms with Gasteiger partial charge >= 0.3 is 0 Å². The zero-order valence-corrected chi connectivity index (χ0v) is 20.9. The lowest BCUT2D eigenvalue weighted by Gasteiger charge is -2.33. The molecular weight excluding hydrogens is 491 g/mol. The maximum absolute atomic E-state index is 13.1. The number of aromatic nitrogens is 2. The average Bonchev–Trinajstić information content (AvgIpc) is 2.86. The Morgan fingerprint density at radius 3 is 2.50 bits per heavy atom. The summed E-state index contributed by atoms with van der Waals surface area (Å²) in [7, 11) is 0. The van der Waals surface area contributed by atoms with Gasteiger partial charge in [-0.2, -0.15) is 0 Å². The molecule has 1 unspecified atom stereocenters. The molecule has 7 nitrogen and oxygen atoms in total. The van der Waals surface area contributed by atoms with E-state index in [4.69, 9.17) is 23.2 Å². The molecule has 176 valence electrons. The molecule has 1 aromatic heterocycles. The van der Waals surface area contributed by atoms with Crippen LogP contribution in [0.5, 0.6) is 0 Å². The maximum Gasteiger partial charge on any atom is 0.263 e. The molecule has 10 heteroatoms. The first-order valence-electron chi connectivity index (χ1n) is 11.1. The van der Waals surface area contributed by atoms with Crippen LogP contribution in [0.1, 0.15) is 28.9 Å². The summed E-state index contributed by atoms with van der Waals surface area (Å²) >= 11 is 14.1. The van der Waals surface area contributed by atoms with Crippen LogP contribution >= 0.6 is 35.0 Å². The van der Waals surface area contributed by atoms with Crippen molar-refractivity contribution in [3.05, 3.63) is 69.8 Å². The first-order chi connectivity index (χ1) is 16.5. The predicted molar refractivity (Wildman–Crippen MR) is 139 cm³/mol. The molecule has 2 N–H and O–H groups in total. The quantitative estimate of drug-likeness (QED) is 0.453. The largest absolute Gasteiger partial charge is 0.324 e. The minimum atomic E-state index is -0.221. The van der Waals surface area contributed by atoms with E-state index in [9.17, 15) is 4.79 Å². The molecule has 3 heterocycles. The Morgan fingerprint density at radius 2 is 1.79 bits per heavy atom. The molecule has 0 radical (unpaired) electrons. The van der Waals surface area contributed by atoms with Gasteiger partial charge in [0, 0.05) is 44.1 Å². The Morgan fingerprint density at radius 1 is 1.09 bits per heavy atom. The van der Waals surface area contributed by atoms with Crippen LogP contribution in [0.3, 0.4) is 0 Å². The zero-order chi connectivity index (χ0) is 23.7. The highest BCUT2D eigenvalue weighted by atomic mass is 35.5. The Balaban J connectivity index is 1.29. The van der Waals surface area contributed by atoms with Crippen molar-refractivity contribution < 1.29 is 4.79 Å². The Bertz CT molecular complexity index is 1180. The highest BCUT2D eigenvalue weighted by molar-refractivity contribution is 7.99. The number of nitrogens with one attached hydrogen (secondary N) is 2. The van der Waals surface area contributed by atoms with Gasteiger partial charge in [-0.25, -0.2) is 9.97 Å². The summed E-state index contributed by atoms with van der Waals surface area (Å²) in [5.74, 6) is 0.595.